The topological polar surface area (TPSA) is 107 Å². The Hall–Kier alpha value is -3.52. The molecule has 2 aromatic carbocycles. The summed E-state index contributed by atoms with van der Waals surface area (Å²) in [5.74, 6) is -2.06. The van der Waals surface area contributed by atoms with Gasteiger partial charge in [-0.15, -0.1) is 0 Å². The van der Waals surface area contributed by atoms with Gasteiger partial charge in [0.05, 0.1) is 0 Å². The summed E-state index contributed by atoms with van der Waals surface area (Å²) in [6, 6.07) is 12.4. The van der Waals surface area contributed by atoms with Gasteiger partial charge in [-0.3, -0.25) is 19.2 Å². The Balaban J connectivity index is 2.22. The fraction of sp³-hybridized carbons (Fsp3) is 0.273. The van der Waals surface area contributed by atoms with Gasteiger partial charge in [-0.25, -0.2) is 0 Å². The minimum atomic E-state index is -1.41. The Kier molecular flexibility index (Phi) is 7.43. The third-order valence-electron chi connectivity index (χ3n) is 4.67. The molecule has 0 radical (unpaired) electrons. The van der Waals surface area contributed by atoms with Gasteiger partial charge in [-0.1, -0.05) is 24.3 Å². The molecule has 158 valence electrons. The molecule has 8 nitrogen and oxygen atoms in total. The Morgan fingerprint density at radius 3 is 1.63 bits per heavy atom. The van der Waals surface area contributed by atoms with Gasteiger partial charge in [0.1, 0.15) is 6.61 Å². The van der Waals surface area contributed by atoms with Crippen LogP contribution in [0, 0.1) is 0 Å². The zero-order valence-corrected chi connectivity index (χ0v) is 17.4. The monoisotopic (exact) mass is 411 g/mol. The van der Waals surface area contributed by atoms with Crippen molar-refractivity contribution in [1.29, 1.82) is 0 Å². The molecule has 2 aromatic rings. The molecule has 0 aliphatic carbocycles. The van der Waals surface area contributed by atoms with Crippen LogP contribution in [-0.2, 0) is 9.59 Å². The summed E-state index contributed by atoms with van der Waals surface area (Å²) in [5, 5.41) is 11.4. The zero-order valence-electron chi connectivity index (χ0n) is 17.4. The van der Waals surface area contributed by atoms with Gasteiger partial charge in [0.2, 0.25) is 5.91 Å². The summed E-state index contributed by atoms with van der Waals surface area (Å²) in [4.78, 5) is 51.1. The second-order valence-electron chi connectivity index (χ2n) is 6.91. The van der Waals surface area contributed by atoms with Crippen LogP contribution in [0.1, 0.15) is 20.7 Å². The van der Waals surface area contributed by atoms with E-state index < -0.39 is 30.2 Å². The fourth-order valence-electron chi connectivity index (χ4n) is 2.95. The van der Waals surface area contributed by atoms with Crippen molar-refractivity contribution in [3.05, 3.63) is 59.7 Å². The third-order valence-corrected chi connectivity index (χ3v) is 4.67. The first-order valence-corrected chi connectivity index (χ1v) is 9.25. The van der Waals surface area contributed by atoms with E-state index in [1.807, 2.05) is 12.1 Å². The van der Waals surface area contributed by atoms with E-state index in [-0.39, 0.29) is 5.91 Å². The van der Waals surface area contributed by atoms with Crippen molar-refractivity contribution in [3.63, 3.8) is 0 Å². The highest BCUT2D eigenvalue weighted by molar-refractivity contribution is 6.10. The molecule has 0 bridgehead atoms. The standard InChI is InChI=1S/C22H25N3O5/c1-23-20(28)19(18(27)13-26)25(4)22(30)17-11-7-15(8-12-17)14-5-9-16(10-6-14)21(29)24(2)3/h5-12,19,26H,13H2,1-4H3,(H,23,28). The number of hydrogen-bond acceptors (Lipinski definition) is 5. The highest BCUT2D eigenvalue weighted by Crippen LogP contribution is 2.21. The molecule has 0 spiro atoms. The largest absolute Gasteiger partial charge is 0.388 e. The van der Waals surface area contributed by atoms with Crippen molar-refractivity contribution < 1.29 is 24.3 Å². The number of ketones is 1. The number of carbonyl (C=O) groups excluding carboxylic acids is 4. The number of likely N-dealkylation sites (N-methyl/N-ethyl adjacent to an activating group) is 2. The summed E-state index contributed by atoms with van der Waals surface area (Å²) >= 11 is 0. The lowest BCUT2D eigenvalue weighted by Crippen LogP contribution is -2.52. The molecular weight excluding hydrogens is 386 g/mol. The molecule has 0 aromatic heterocycles. The summed E-state index contributed by atoms with van der Waals surface area (Å²) in [5.41, 5.74) is 2.58. The van der Waals surface area contributed by atoms with Crippen LogP contribution in [0.5, 0.6) is 0 Å². The van der Waals surface area contributed by atoms with Crippen LogP contribution in [0.3, 0.4) is 0 Å². The van der Waals surface area contributed by atoms with Gasteiger partial charge in [0.25, 0.3) is 11.8 Å². The zero-order chi connectivity index (χ0) is 22.4. The lowest BCUT2D eigenvalue weighted by atomic mass is 10.0. The van der Waals surface area contributed by atoms with E-state index in [2.05, 4.69) is 5.32 Å². The van der Waals surface area contributed by atoms with Crippen LogP contribution in [0.2, 0.25) is 0 Å². The number of nitrogens with zero attached hydrogens (tertiary/aromatic N) is 2. The summed E-state index contributed by atoms with van der Waals surface area (Å²) < 4.78 is 0. The van der Waals surface area contributed by atoms with Gasteiger partial charge in [-0.2, -0.15) is 0 Å². The normalized spacial score (nSPS) is 11.4. The lowest BCUT2D eigenvalue weighted by molar-refractivity contribution is -0.135. The van der Waals surface area contributed by atoms with E-state index in [4.69, 9.17) is 5.11 Å². The van der Waals surface area contributed by atoms with Crippen LogP contribution in [0.4, 0.5) is 0 Å². The maximum Gasteiger partial charge on any atom is 0.254 e. The maximum absolute atomic E-state index is 12.7. The quantitative estimate of drug-likeness (QED) is 0.656. The van der Waals surface area contributed by atoms with Gasteiger partial charge >= 0.3 is 0 Å². The van der Waals surface area contributed by atoms with Crippen LogP contribution >= 0.6 is 0 Å². The van der Waals surface area contributed by atoms with Crippen LogP contribution in [-0.4, -0.2) is 79.3 Å². The molecule has 8 heteroatoms. The number of benzene rings is 2. The van der Waals surface area contributed by atoms with Crippen molar-refractivity contribution in [2.45, 2.75) is 6.04 Å². The summed E-state index contributed by atoms with van der Waals surface area (Å²) in [6.45, 7) is -0.846. The molecule has 0 heterocycles. The van der Waals surface area contributed by atoms with E-state index in [0.29, 0.717) is 11.1 Å². The van der Waals surface area contributed by atoms with Gasteiger partial charge in [0.15, 0.2) is 11.8 Å². The summed E-state index contributed by atoms with van der Waals surface area (Å²) in [6.07, 6.45) is 0. The average molecular weight is 411 g/mol. The number of aliphatic hydroxyl groups excluding tert-OH is 1. The number of Topliss-reactive ketones (excluding diaryl/α,β-unsaturated/α-hetero) is 1. The molecule has 0 saturated heterocycles. The first-order chi connectivity index (χ1) is 14.2. The number of rotatable bonds is 7. The third kappa shape index (κ3) is 4.90. The Bertz CT molecular complexity index is 920. The summed E-state index contributed by atoms with van der Waals surface area (Å²) in [7, 11) is 6.06. The predicted octanol–water partition coefficient (Wildman–Crippen LogP) is 0.803. The molecule has 2 rings (SSSR count). The highest BCUT2D eigenvalue weighted by atomic mass is 16.3. The molecule has 0 fully saturated rings. The molecule has 1 atom stereocenters. The van der Waals surface area contributed by atoms with Crippen molar-refractivity contribution in [3.8, 4) is 11.1 Å². The predicted molar refractivity (Wildman–Crippen MR) is 112 cm³/mol. The first kappa shape index (κ1) is 22.8. The highest BCUT2D eigenvalue weighted by Gasteiger charge is 2.32. The van der Waals surface area contributed by atoms with Crippen molar-refractivity contribution in [2.24, 2.45) is 0 Å². The number of amides is 3. The molecule has 3 amide bonds. The van der Waals surface area contributed by atoms with Crippen molar-refractivity contribution in [1.82, 2.24) is 15.1 Å². The van der Waals surface area contributed by atoms with E-state index in [9.17, 15) is 19.2 Å². The van der Waals surface area contributed by atoms with E-state index in [1.165, 1.54) is 19.0 Å². The lowest BCUT2D eigenvalue weighted by Gasteiger charge is -2.25. The second kappa shape index (κ2) is 9.80. The molecule has 30 heavy (non-hydrogen) atoms. The molecule has 0 saturated carbocycles. The molecule has 2 N–H and O–H groups in total. The molecule has 0 aliphatic heterocycles. The van der Waals surface area contributed by atoms with Crippen molar-refractivity contribution in [2.75, 3.05) is 34.8 Å². The minimum absolute atomic E-state index is 0.0892. The minimum Gasteiger partial charge on any atom is -0.388 e. The maximum atomic E-state index is 12.7. The van der Waals surface area contributed by atoms with E-state index in [1.54, 1.807) is 50.5 Å². The smallest absolute Gasteiger partial charge is 0.254 e. The number of aliphatic hydroxyl groups is 1. The SMILES string of the molecule is CNC(=O)C(C(=O)CO)N(C)C(=O)c1ccc(-c2ccc(C(=O)N(C)C)cc2)cc1. The van der Waals surface area contributed by atoms with E-state index in [0.717, 1.165) is 16.0 Å². The average Bonchev–Trinajstić information content (AvgIpc) is 2.77. The van der Waals surface area contributed by atoms with Crippen LogP contribution in [0.25, 0.3) is 11.1 Å². The first-order valence-electron chi connectivity index (χ1n) is 9.25. The van der Waals surface area contributed by atoms with Gasteiger partial charge in [0, 0.05) is 39.3 Å². The second-order valence-corrected chi connectivity index (χ2v) is 6.91. The number of hydrogen-bond donors (Lipinski definition) is 2. The number of nitrogens with one attached hydrogen (secondary N) is 1. The van der Waals surface area contributed by atoms with Gasteiger partial charge < -0.3 is 20.2 Å². The molecule has 0 aliphatic rings. The Morgan fingerprint density at radius 2 is 1.27 bits per heavy atom. The number of carbonyl (C=O) groups is 4. The van der Waals surface area contributed by atoms with Crippen LogP contribution in [0.15, 0.2) is 48.5 Å². The fourth-order valence-corrected chi connectivity index (χ4v) is 2.95. The van der Waals surface area contributed by atoms with Crippen molar-refractivity contribution >= 4 is 23.5 Å². The van der Waals surface area contributed by atoms with Crippen LogP contribution < -0.4 is 5.32 Å². The molecular formula is C22H25N3O5. The van der Waals surface area contributed by atoms with E-state index >= 15 is 0 Å². The molecule has 1 unspecified atom stereocenters. The Labute approximate surface area is 175 Å². The van der Waals surface area contributed by atoms with Gasteiger partial charge in [-0.05, 0) is 35.4 Å². The Morgan fingerprint density at radius 1 is 0.833 bits per heavy atom.